The summed E-state index contributed by atoms with van der Waals surface area (Å²) in [7, 11) is 0. The van der Waals surface area contributed by atoms with Crippen LogP contribution in [0.25, 0.3) is 0 Å². The van der Waals surface area contributed by atoms with Crippen molar-refractivity contribution < 1.29 is 0 Å². The molecule has 1 heterocycles. The lowest BCUT2D eigenvalue weighted by molar-refractivity contribution is 0.103. The minimum Gasteiger partial charge on any atom is -0.321 e. The average Bonchev–Trinajstić information content (AvgIpc) is 2.71. The molecule has 0 bridgehead atoms. The fourth-order valence-electron chi connectivity index (χ4n) is 2.62. The van der Waals surface area contributed by atoms with Gasteiger partial charge in [0, 0.05) is 11.6 Å². The highest BCUT2D eigenvalue weighted by Crippen LogP contribution is 2.34. The molecular weight excluding hydrogens is 260 g/mol. The molecule has 0 aliphatic carbocycles. The highest BCUT2D eigenvalue weighted by atomic mass is 35.5. The molecule has 19 heavy (non-hydrogen) atoms. The molecule has 1 aromatic rings. The lowest BCUT2D eigenvalue weighted by Crippen LogP contribution is -2.51. The van der Waals surface area contributed by atoms with Crippen molar-refractivity contribution in [2.24, 2.45) is 5.73 Å². The van der Waals surface area contributed by atoms with Crippen molar-refractivity contribution in [3.8, 4) is 0 Å². The van der Waals surface area contributed by atoms with E-state index in [-0.39, 0.29) is 17.6 Å². The predicted octanol–water partition coefficient (Wildman–Crippen LogP) is 3.24. The van der Waals surface area contributed by atoms with Crippen LogP contribution in [-0.2, 0) is 0 Å². The number of likely N-dealkylation sites (N-methyl/N-ethyl adjacent to an activating group) is 1. The first-order valence-corrected chi connectivity index (χ1v) is 7.38. The number of hydrogen-bond acceptors (Lipinski definition) is 3. The standard InChI is InChI=1S/C14H27ClN4/c1-7-18(8-2)14(5,6)13(16)12-11(15)9-17-19(12)10(3)4/h9-10,13H,7-8,16H2,1-6H3. The Kier molecular flexibility index (Phi) is 5.42. The Morgan fingerprint density at radius 1 is 1.37 bits per heavy atom. The van der Waals surface area contributed by atoms with Crippen molar-refractivity contribution in [1.29, 1.82) is 0 Å². The first kappa shape index (κ1) is 16.5. The molecule has 5 heteroatoms. The molecule has 110 valence electrons. The van der Waals surface area contributed by atoms with Gasteiger partial charge in [0.25, 0.3) is 0 Å². The van der Waals surface area contributed by atoms with E-state index in [4.69, 9.17) is 17.3 Å². The molecule has 1 aromatic heterocycles. The third kappa shape index (κ3) is 3.12. The quantitative estimate of drug-likeness (QED) is 0.873. The van der Waals surface area contributed by atoms with Gasteiger partial charge in [-0.25, -0.2) is 0 Å². The van der Waals surface area contributed by atoms with Gasteiger partial charge in [0.05, 0.1) is 23.0 Å². The molecule has 0 fully saturated rings. The maximum Gasteiger partial charge on any atom is 0.0834 e. The highest BCUT2D eigenvalue weighted by molar-refractivity contribution is 6.31. The maximum absolute atomic E-state index is 6.52. The lowest BCUT2D eigenvalue weighted by atomic mass is 9.90. The van der Waals surface area contributed by atoms with Crippen molar-refractivity contribution in [3.63, 3.8) is 0 Å². The van der Waals surface area contributed by atoms with E-state index in [0.717, 1.165) is 18.8 Å². The van der Waals surface area contributed by atoms with Crippen molar-refractivity contribution >= 4 is 11.6 Å². The van der Waals surface area contributed by atoms with E-state index in [0.29, 0.717) is 5.02 Å². The Morgan fingerprint density at radius 3 is 2.32 bits per heavy atom. The zero-order chi connectivity index (χ0) is 14.8. The van der Waals surface area contributed by atoms with E-state index in [1.165, 1.54) is 0 Å². The van der Waals surface area contributed by atoms with E-state index in [1.54, 1.807) is 6.20 Å². The number of halogens is 1. The van der Waals surface area contributed by atoms with Gasteiger partial charge >= 0.3 is 0 Å². The SMILES string of the molecule is CCN(CC)C(C)(C)C(N)c1c(Cl)cnn1C(C)C. The average molecular weight is 287 g/mol. The smallest absolute Gasteiger partial charge is 0.0834 e. The third-order valence-electron chi connectivity index (χ3n) is 3.91. The fourth-order valence-corrected chi connectivity index (χ4v) is 2.87. The van der Waals surface area contributed by atoms with Gasteiger partial charge in [0.15, 0.2) is 0 Å². The van der Waals surface area contributed by atoms with Gasteiger partial charge in [0.1, 0.15) is 0 Å². The van der Waals surface area contributed by atoms with Gasteiger partial charge in [-0.1, -0.05) is 25.4 Å². The summed E-state index contributed by atoms with van der Waals surface area (Å²) in [4.78, 5) is 2.35. The molecule has 1 unspecified atom stereocenters. The topological polar surface area (TPSA) is 47.1 Å². The van der Waals surface area contributed by atoms with Crippen LogP contribution in [0.15, 0.2) is 6.20 Å². The van der Waals surface area contributed by atoms with Gasteiger partial charge in [0.2, 0.25) is 0 Å². The number of hydrogen-bond donors (Lipinski definition) is 1. The van der Waals surface area contributed by atoms with Crippen LogP contribution in [0.3, 0.4) is 0 Å². The normalized spacial score (nSPS) is 14.4. The highest BCUT2D eigenvalue weighted by Gasteiger charge is 2.36. The van der Waals surface area contributed by atoms with Crippen molar-refractivity contribution in [2.45, 2.75) is 59.2 Å². The number of rotatable bonds is 6. The summed E-state index contributed by atoms with van der Waals surface area (Å²) < 4.78 is 1.93. The van der Waals surface area contributed by atoms with E-state index in [2.05, 4.69) is 51.5 Å². The number of nitrogens with zero attached hydrogens (tertiary/aromatic N) is 3. The van der Waals surface area contributed by atoms with Crippen LogP contribution in [0.5, 0.6) is 0 Å². The van der Waals surface area contributed by atoms with Crippen LogP contribution in [-0.4, -0.2) is 33.3 Å². The summed E-state index contributed by atoms with van der Waals surface area (Å²) in [6, 6.07) is 0.0749. The van der Waals surface area contributed by atoms with Gasteiger partial charge < -0.3 is 5.73 Å². The molecule has 1 rings (SSSR count). The van der Waals surface area contributed by atoms with Crippen molar-refractivity contribution in [1.82, 2.24) is 14.7 Å². The molecule has 0 aromatic carbocycles. The van der Waals surface area contributed by atoms with Crippen molar-refractivity contribution in [3.05, 3.63) is 16.9 Å². The number of nitrogens with two attached hydrogens (primary N) is 1. The lowest BCUT2D eigenvalue weighted by Gasteiger charge is -2.42. The fraction of sp³-hybridized carbons (Fsp3) is 0.786. The molecular formula is C14H27ClN4. The summed E-state index contributed by atoms with van der Waals surface area (Å²) in [6.07, 6.45) is 1.69. The maximum atomic E-state index is 6.52. The van der Waals surface area contributed by atoms with E-state index >= 15 is 0 Å². The first-order valence-electron chi connectivity index (χ1n) is 7.00. The van der Waals surface area contributed by atoms with Crippen LogP contribution in [0.4, 0.5) is 0 Å². The summed E-state index contributed by atoms with van der Waals surface area (Å²) >= 11 is 6.30. The summed E-state index contributed by atoms with van der Waals surface area (Å²) in [6.45, 7) is 14.7. The molecule has 1 atom stereocenters. The van der Waals surface area contributed by atoms with Gasteiger partial charge in [-0.3, -0.25) is 9.58 Å². The Balaban J connectivity index is 3.18. The molecule has 0 amide bonds. The molecule has 0 spiro atoms. The summed E-state index contributed by atoms with van der Waals surface area (Å²) in [5.74, 6) is 0. The monoisotopic (exact) mass is 286 g/mol. The van der Waals surface area contributed by atoms with Crippen LogP contribution in [0.1, 0.15) is 59.3 Å². The second-order valence-electron chi connectivity index (χ2n) is 5.72. The molecule has 0 saturated carbocycles. The second-order valence-corrected chi connectivity index (χ2v) is 6.13. The van der Waals surface area contributed by atoms with Crippen LogP contribution >= 0.6 is 11.6 Å². The van der Waals surface area contributed by atoms with Crippen LogP contribution in [0.2, 0.25) is 5.02 Å². The Labute approximate surface area is 121 Å². The third-order valence-corrected chi connectivity index (χ3v) is 4.20. The molecule has 0 saturated heterocycles. The first-order chi connectivity index (χ1) is 8.77. The molecule has 0 aliphatic rings. The van der Waals surface area contributed by atoms with Gasteiger partial charge in [-0.2, -0.15) is 5.10 Å². The largest absolute Gasteiger partial charge is 0.321 e. The second kappa shape index (κ2) is 6.25. The molecule has 0 aliphatic heterocycles. The Bertz CT molecular complexity index is 408. The molecule has 0 radical (unpaired) electrons. The Morgan fingerprint density at radius 2 is 1.89 bits per heavy atom. The minimum absolute atomic E-state index is 0.167. The van der Waals surface area contributed by atoms with Crippen LogP contribution in [0, 0.1) is 0 Å². The predicted molar refractivity (Wildman–Crippen MR) is 81.6 cm³/mol. The Hall–Kier alpha value is -0.580. The number of aromatic nitrogens is 2. The van der Waals surface area contributed by atoms with Crippen LogP contribution < -0.4 is 5.73 Å². The molecule has 2 N–H and O–H groups in total. The van der Waals surface area contributed by atoms with Crippen molar-refractivity contribution in [2.75, 3.05) is 13.1 Å². The zero-order valence-electron chi connectivity index (χ0n) is 12.9. The van der Waals surface area contributed by atoms with E-state index in [1.807, 2.05) is 4.68 Å². The molecule has 4 nitrogen and oxygen atoms in total. The van der Waals surface area contributed by atoms with E-state index < -0.39 is 0 Å². The minimum atomic E-state index is -0.176. The van der Waals surface area contributed by atoms with Gasteiger partial charge in [-0.05, 0) is 40.8 Å². The van der Waals surface area contributed by atoms with E-state index in [9.17, 15) is 0 Å². The summed E-state index contributed by atoms with van der Waals surface area (Å²) in [5.41, 5.74) is 7.28. The zero-order valence-corrected chi connectivity index (χ0v) is 13.7. The summed E-state index contributed by atoms with van der Waals surface area (Å²) in [5, 5.41) is 5.00. The van der Waals surface area contributed by atoms with Gasteiger partial charge in [-0.15, -0.1) is 0 Å².